The quantitative estimate of drug-likeness (QED) is 0.605. The third kappa shape index (κ3) is 4.38. The molecule has 1 atom stereocenters. The second-order valence-electron chi connectivity index (χ2n) is 6.21. The predicted octanol–water partition coefficient (Wildman–Crippen LogP) is 3.34. The van der Waals surface area contributed by atoms with Crippen molar-refractivity contribution in [3.05, 3.63) is 53.6 Å². The summed E-state index contributed by atoms with van der Waals surface area (Å²) in [5.74, 6) is 0.695. The monoisotopic (exact) mass is 370 g/mol. The lowest BCUT2D eigenvalue weighted by atomic mass is 9.89. The Hall–Kier alpha value is -2.47. The maximum atomic E-state index is 12.6. The Labute approximate surface area is 157 Å². The Bertz CT molecular complexity index is 805. The molecular formula is C20H22N2O3S. The molecular weight excluding hydrogens is 348 g/mol. The highest BCUT2D eigenvalue weighted by molar-refractivity contribution is 7.99. The molecule has 2 aromatic rings. The molecule has 1 heterocycles. The van der Waals surface area contributed by atoms with Gasteiger partial charge in [0.05, 0.1) is 13.0 Å². The van der Waals surface area contributed by atoms with E-state index in [1.807, 2.05) is 6.07 Å². The highest BCUT2D eigenvalue weighted by atomic mass is 32.2. The van der Waals surface area contributed by atoms with Gasteiger partial charge in [-0.2, -0.15) is 0 Å². The number of benzene rings is 2. The Morgan fingerprint density at radius 1 is 1.27 bits per heavy atom. The number of anilines is 1. The zero-order valence-electron chi connectivity index (χ0n) is 14.9. The van der Waals surface area contributed by atoms with Crippen molar-refractivity contribution in [3.63, 3.8) is 0 Å². The van der Waals surface area contributed by atoms with E-state index in [-0.39, 0.29) is 18.2 Å². The fraction of sp³-hybridized carbons (Fsp3) is 0.300. The smallest absolute Gasteiger partial charge is 0.228 e. The van der Waals surface area contributed by atoms with Crippen LogP contribution in [0.5, 0.6) is 5.75 Å². The van der Waals surface area contributed by atoms with Gasteiger partial charge in [0.2, 0.25) is 11.8 Å². The van der Waals surface area contributed by atoms with Crippen molar-refractivity contribution in [1.29, 1.82) is 0 Å². The standard InChI is InChI=1S/C20H22N2O3S/c1-13-3-6-15(7-4-13)26-10-9-21-20(24)17-12-19(23)22-18-8-5-14(25-2)11-16(17)18/h3-8,11,17H,9-10,12H2,1-2H3,(H,21,24)(H,22,23)/t17-/m0/s1. The number of hydrogen-bond donors (Lipinski definition) is 2. The summed E-state index contributed by atoms with van der Waals surface area (Å²) in [5, 5.41) is 5.76. The van der Waals surface area contributed by atoms with Crippen LogP contribution >= 0.6 is 11.8 Å². The third-order valence-electron chi connectivity index (χ3n) is 4.31. The van der Waals surface area contributed by atoms with Crippen LogP contribution in [-0.4, -0.2) is 31.2 Å². The number of carbonyl (C=O) groups excluding carboxylic acids is 2. The molecule has 1 aliphatic rings. The Morgan fingerprint density at radius 2 is 2.04 bits per heavy atom. The average Bonchev–Trinajstić information content (AvgIpc) is 2.65. The van der Waals surface area contributed by atoms with E-state index in [4.69, 9.17) is 4.74 Å². The number of amides is 2. The minimum atomic E-state index is -0.488. The molecule has 0 bridgehead atoms. The van der Waals surface area contributed by atoms with Gasteiger partial charge in [0.15, 0.2) is 0 Å². The molecule has 0 saturated carbocycles. The van der Waals surface area contributed by atoms with E-state index in [2.05, 4.69) is 41.8 Å². The molecule has 0 aromatic heterocycles. The SMILES string of the molecule is COc1ccc2c(c1)[C@@H](C(=O)NCCSc1ccc(C)cc1)CC(=O)N2. The van der Waals surface area contributed by atoms with Gasteiger partial charge in [-0.1, -0.05) is 17.7 Å². The average molecular weight is 370 g/mol. The van der Waals surface area contributed by atoms with Crippen LogP contribution < -0.4 is 15.4 Å². The summed E-state index contributed by atoms with van der Waals surface area (Å²) in [6.45, 7) is 2.61. The van der Waals surface area contributed by atoms with Gasteiger partial charge in [0.1, 0.15) is 5.75 Å². The summed E-state index contributed by atoms with van der Waals surface area (Å²) < 4.78 is 5.24. The molecule has 26 heavy (non-hydrogen) atoms. The topological polar surface area (TPSA) is 67.4 Å². The van der Waals surface area contributed by atoms with E-state index >= 15 is 0 Å². The first-order valence-corrected chi connectivity index (χ1v) is 9.50. The molecule has 2 N–H and O–H groups in total. The predicted molar refractivity (Wildman–Crippen MR) is 104 cm³/mol. The van der Waals surface area contributed by atoms with Crippen LogP contribution in [0.25, 0.3) is 0 Å². The van der Waals surface area contributed by atoms with Crippen LogP contribution in [0.4, 0.5) is 5.69 Å². The fourth-order valence-electron chi connectivity index (χ4n) is 2.90. The maximum Gasteiger partial charge on any atom is 0.228 e. The van der Waals surface area contributed by atoms with Crippen LogP contribution in [-0.2, 0) is 9.59 Å². The molecule has 0 radical (unpaired) electrons. The van der Waals surface area contributed by atoms with E-state index in [9.17, 15) is 9.59 Å². The first-order valence-electron chi connectivity index (χ1n) is 8.52. The summed E-state index contributed by atoms with van der Waals surface area (Å²) in [6.07, 6.45) is 0.150. The second kappa shape index (κ2) is 8.27. The van der Waals surface area contributed by atoms with Crippen molar-refractivity contribution in [3.8, 4) is 5.75 Å². The van der Waals surface area contributed by atoms with Gasteiger partial charge >= 0.3 is 0 Å². The number of hydrogen-bond acceptors (Lipinski definition) is 4. The number of rotatable bonds is 6. The zero-order valence-corrected chi connectivity index (χ0v) is 15.7. The number of aryl methyl sites for hydroxylation is 1. The van der Waals surface area contributed by atoms with E-state index in [1.54, 1.807) is 31.0 Å². The molecule has 0 spiro atoms. The second-order valence-corrected chi connectivity index (χ2v) is 7.38. The van der Waals surface area contributed by atoms with Crippen LogP contribution in [0.15, 0.2) is 47.4 Å². The molecule has 1 aliphatic heterocycles. The highest BCUT2D eigenvalue weighted by Crippen LogP contribution is 2.35. The molecule has 0 fully saturated rings. The van der Waals surface area contributed by atoms with Gasteiger partial charge in [-0.3, -0.25) is 9.59 Å². The molecule has 6 heteroatoms. The van der Waals surface area contributed by atoms with Gasteiger partial charge in [-0.25, -0.2) is 0 Å². The van der Waals surface area contributed by atoms with Crippen LogP contribution in [0.3, 0.4) is 0 Å². The minimum Gasteiger partial charge on any atom is -0.497 e. The van der Waals surface area contributed by atoms with Crippen LogP contribution in [0, 0.1) is 6.92 Å². The van der Waals surface area contributed by atoms with E-state index in [0.717, 1.165) is 11.3 Å². The normalized spacial score (nSPS) is 15.8. The summed E-state index contributed by atoms with van der Waals surface area (Å²) in [5.41, 5.74) is 2.70. The molecule has 0 saturated heterocycles. The molecule has 0 unspecified atom stereocenters. The van der Waals surface area contributed by atoms with Gasteiger partial charge < -0.3 is 15.4 Å². The lowest BCUT2D eigenvalue weighted by Crippen LogP contribution is -2.36. The molecule has 5 nitrogen and oxygen atoms in total. The Morgan fingerprint density at radius 3 is 2.77 bits per heavy atom. The number of nitrogens with one attached hydrogen (secondary N) is 2. The van der Waals surface area contributed by atoms with Crippen molar-refractivity contribution in [2.75, 3.05) is 24.7 Å². The van der Waals surface area contributed by atoms with Gasteiger partial charge in [-0.15, -0.1) is 11.8 Å². The summed E-state index contributed by atoms with van der Waals surface area (Å²) in [6, 6.07) is 13.7. The highest BCUT2D eigenvalue weighted by Gasteiger charge is 2.30. The summed E-state index contributed by atoms with van der Waals surface area (Å²) >= 11 is 1.70. The number of fused-ring (bicyclic) bond motifs is 1. The summed E-state index contributed by atoms with van der Waals surface area (Å²) in [7, 11) is 1.58. The van der Waals surface area contributed by atoms with E-state index < -0.39 is 5.92 Å². The van der Waals surface area contributed by atoms with Gasteiger partial charge in [-0.05, 0) is 42.8 Å². The lowest BCUT2D eigenvalue weighted by Gasteiger charge is -2.25. The summed E-state index contributed by atoms with van der Waals surface area (Å²) in [4.78, 5) is 25.7. The molecule has 136 valence electrons. The van der Waals surface area contributed by atoms with Crippen molar-refractivity contribution in [2.24, 2.45) is 0 Å². The number of methoxy groups -OCH3 is 1. The van der Waals surface area contributed by atoms with Crippen LogP contribution in [0.1, 0.15) is 23.5 Å². The minimum absolute atomic E-state index is 0.126. The molecule has 2 aromatic carbocycles. The molecule has 2 amide bonds. The zero-order chi connectivity index (χ0) is 18.5. The number of thioether (sulfide) groups is 1. The van der Waals surface area contributed by atoms with Gasteiger partial charge in [0.25, 0.3) is 0 Å². The van der Waals surface area contributed by atoms with Gasteiger partial charge in [0, 0.05) is 29.3 Å². The van der Waals surface area contributed by atoms with Crippen molar-refractivity contribution < 1.29 is 14.3 Å². The first-order chi connectivity index (χ1) is 12.6. The third-order valence-corrected chi connectivity index (χ3v) is 5.32. The largest absolute Gasteiger partial charge is 0.497 e. The van der Waals surface area contributed by atoms with Crippen molar-refractivity contribution in [2.45, 2.75) is 24.2 Å². The Balaban J connectivity index is 1.59. The fourth-order valence-corrected chi connectivity index (χ4v) is 3.67. The van der Waals surface area contributed by atoms with Crippen molar-refractivity contribution >= 4 is 29.3 Å². The molecule has 0 aliphatic carbocycles. The number of carbonyl (C=O) groups is 2. The lowest BCUT2D eigenvalue weighted by molar-refractivity contribution is -0.126. The number of ether oxygens (including phenoxy) is 1. The van der Waals surface area contributed by atoms with E-state index in [1.165, 1.54) is 10.5 Å². The van der Waals surface area contributed by atoms with Crippen molar-refractivity contribution in [1.82, 2.24) is 5.32 Å². The first kappa shape index (κ1) is 18.3. The van der Waals surface area contributed by atoms with Crippen LogP contribution in [0.2, 0.25) is 0 Å². The molecule has 3 rings (SSSR count). The maximum absolute atomic E-state index is 12.6. The Kier molecular flexibility index (Phi) is 5.83. The van der Waals surface area contributed by atoms with E-state index in [0.29, 0.717) is 18.0 Å².